The molecule has 2 amide bonds. The maximum atomic E-state index is 13.8. The van der Waals surface area contributed by atoms with Gasteiger partial charge in [0.2, 0.25) is 11.8 Å². The Hall–Kier alpha value is -3.69. The second kappa shape index (κ2) is 16.6. The van der Waals surface area contributed by atoms with Gasteiger partial charge in [0.05, 0.1) is 30.6 Å². The summed E-state index contributed by atoms with van der Waals surface area (Å²) in [5, 5.41) is 3.96. The normalized spacial score (nSPS) is 18.2. The van der Waals surface area contributed by atoms with Crippen molar-refractivity contribution in [2.45, 2.75) is 90.2 Å². The van der Waals surface area contributed by atoms with E-state index < -0.39 is 24.0 Å². The monoisotopic (exact) mass is 619 g/mol. The van der Waals surface area contributed by atoms with E-state index in [9.17, 15) is 14.4 Å². The Balaban J connectivity index is 1.47. The van der Waals surface area contributed by atoms with Crippen LogP contribution in [0.1, 0.15) is 64.0 Å². The van der Waals surface area contributed by atoms with Crippen LogP contribution in [0.4, 0.5) is 0 Å². The van der Waals surface area contributed by atoms with Crippen LogP contribution < -0.4 is 5.32 Å². The molecular weight excluding hydrogens is 570 g/mol. The van der Waals surface area contributed by atoms with Crippen molar-refractivity contribution in [3.05, 3.63) is 71.9 Å². The number of hydrogen-bond donors (Lipinski definition) is 2. The maximum absolute atomic E-state index is 13.8. The lowest BCUT2D eigenvalue weighted by Gasteiger charge is -2.35. The first-order valence-electron chi connectivity index (χ1n) is 16.2. The number of nitrogens with zero attached hydrogens (tertiary/aromatic N) is 1. The summed E-state index contributed by atoms with van der Waals surface area (Å²) in [7, 11) is 3.23. The molecule has 0 radical (unpaired) electrons. The molecule has 1 aliphatic rings. The van der Waals surface area contributed by atoms with Gasteiger partial charge in [-0.1, -0.05) is 75.7 Å². The van der Waals surface area contributed by atoms with Gasteiger partial charge in [-0.3, -0.25) is 9.59 Å². The van der Waals surface area contributed by atoms with E-state index in [0.29, 0.717) is 18.9 Å². The number of ether oxygens (including phenoxy) is 3. The first-order chi connectivity index (χ1) is 21.7. The van der Waals surface area contributed by atoms with Crippen LogP contribution in [0.25, 0.3) is 10.9 Å². The standard InChI is InChI=1S/C36H49N3O6/c1-6-24(2)19-28(43-4)21-33(40)39-18-12-17-32(39)34(44-5)25(3)35(41)38-31(36(42)45-23-26-13-8-7-9-14-26)20-27-22-37-30-16-11-10-15-29(27)30/h7-11,13-16,22,24-25,28,31-32,34,37H,6,12,17-21,23H2,1-5H3,(H,38,41)/t24-,25+,28-,31-,32-,34+/m0/s1. The van der Waals surface area contributed by atoms with E-state index in [1.54, 1.807) is 21.1 Å². The van der Waals surface area contributed by atoms with Gasteiger partial charge in [0.15, 0.2) is 0 Å². The van der Waals surface area contributed by atoms with E-state index in [2.05, 4.69) is 24.1 Å². The zero-order chi connectivity index (χ0) is 32.3. The smallest absolute Gasteiger partial charge is 0.329 e. The number of hydrogen-bond acceptors (Lipinski definition) is 6. The number of carbonyl (C=O) groups is 3. The summed E-state index contributed by atoms with van der Waals surface area (Å²) in [4.78, 5) is 45.8. The number of rotatable bonds is 16. The lowest BCUT2D eigenvalue weighted by atomic mass is 9.93. The molecule has 6 atom stereocenters. The van der Waals surface area contributed by atoms with Gasteiger partial charge >= 0.3 is 5.97 Å². The molecule has 45 heavy (non-hydrogen) atoms. The van der Waals surface area contributed by atoms with E-state index in [0.717, 1.165) is 47.7 Å². The number of aromatic amines is 1. The molecule has 9 heteroatoms. The minimum absolute atomic E-state index is 0.0176. The van der Waals surface area contributed by atoms with E-state index in [1.807, 2.05) is 65.7 Å². The van der Waals surface area contributed by atoms with Gasteiger partial charge in [0.25, 0.3) is 0 Å². The number of likely N-dealkylation sites (tertiary alicyclic amines) is 1. The molecule has 0 unspecified atom stereocenters. The van der Waals surface area contributed by atoms with E-state index in [4.69, 9.17) is 14.2 Å². The van der Waals surface area contributed by atoms with Crippen LogP contribution in [0.2, 0.25) is 0 Å². The van der Waals surface area contributed by atoms with Gasteiger partial charge in [-0.15, -0.1) is 0 Å². The van der Waals surface area contributed by atoms with Crippen molar-refractivity contribution in [3.63, 3.8) is 0 Å². The average molecular weight is 620 g/mol. The molecule has 1 aromatic heterocycles. The SMILES string of the molecule is CC[C@H](C)C[C@@H](CC(=O)N1CCC[C@H]1[C@H](OC)[C@@H](C)C(=O)N[C@@H](Cc1c[nH]c2ccccc12)C(=O)OCc1ccccc1)OC. The summed E-state index contributed by atoms with van der Waals surface area (Å²) in [6, 6.07) is 16.1. The van der Waals surface area contributed by atoms with E-state index in [1.165, 1.54) is 0 Å². The third-order valence-electron chi connectivity index (χ3n) is 9.20. The molecular formula is C36H49N3O6. The van der Waals surface area contributed by atoms with Crippen molar-refractivity contribution in [2.24, 2.45) is 11.8 Å². The number of esters is 1. The third kappa shape index (κ3) is 8.95. The number of carbonyl (C=O) groups excluding carboxylic acids is 3. The summed E-state index contributed by atoms with van der Waals surface area (Å²) < 4.78 is 17.3. The van der Waals surface area contributed by atoms with Crippen LogP contribution in [-0.4, -0.2) is 72.7 Å². The number of benzene rings is 2. The number of aromatic nitrogens is 1. The van der Waals surface area contributed by atoms with Crippen LogP contribution in [0.5, 0.6) is 0 Å². The predicted molar refractivity (Wildman–Crippen MR) is 174 cm³/mol. The van der Waals surface area contributed by atoms with Gasteiger partial charge in [-0.2, -0.15) is 0 Å². The highest BCUT2D eigenvalue weighted by Gasteiger charge is 2.41. The van der Waals surface area contributed by atoms with Gasteiger partial charge in [0, 0.05) is 44.3 Å². The van der Waals surface area contributed by atoms with Crippen LogP contribution >= 0.6 is 0 Å². The highest BCUT2D eigenvalue weighted by molar-refractivity contribution is 5.88. The molecule has 2 aromatic carbocycles. The minimum atomic E-state index is -0.912. The summed E-state index contributed by atoms with van der Waals surface area (Å²) in [6.45, 7) is 6.82. The predicted octanol–water partition coefficient (Wildman–Crippen LogP) is 5.42. The van der Waals surface area contributed by atoms with Gasteiger partial charge in [-0.25, -0.2) is 4.79 Å². The topological polar surface area (TPSA) is 110 Å². The molecule has 0 aliphatic carbocycles. The molecule has 1 aliphatic heterocycles. The fourth-order valence-corrected chi connectivity index (χ4v) is 6.32. The van der Waals surface area contributed by atoms with Crippen molar-refractivity contribution in [2.75, 3.05) is 20.8 Å². The Bertz CT molecular complexity index is 1390. The number of amides is 2. The molecule has 4 rings (SSSR count). The van der Waals surface area contributed by atoms with Gasteiger partial charge < -0.3 is 29.4 Å². The lowest BCUT2D eigenvalue weighted by molar-refractivity contribution is -0.150. The van der Waals surface area contributed by atoms with Crippen molar-refractivity contribution >= 4 is 28.7 Å². The molecule has 0 bridgehead atoms. The minimum Gasteiger partial charge on any atom is -0.459 e. The van der Waals surface area contributed by atoms with Crippen molar-refractivity contribution in [1.29, 1.82) is 0 Å². The summed E-state index contributed by atoms with van der Waals surface area (Å²) >= 11 is 0. The Morgan fingerprint density at radius 3 is 2.47 bits per heavy atom. The van der Waals surface area contributed by atoms with Crippen LogP contribution in [0.3, 0.4) is 0 Å². The molecule has 2 heterocycles. The largest absolute Gasteiger partial charge is 0.459 e. The fraction of sp³-hybridized carbons (Fsp3) is 0.528. The average Bonchev–Trinajstić information content (AvgIpc) is 3.71. The number of H-pyrrole nitrogens is 1. The van der Waals surface area contributed by atoms with Crippen LogP contribution in [-0.2, 0) is 41.6 Å². The maximum Gasteiger partial charge on any atom is 0.329 e. The second-order valence-electron chi connectivity index (χ2n) is 12.3. The van der Waals surface area contributed by atoms with Crippen molar-refractivity contribution < 1.29 is 28.6 Å². The molecule has 9 nitrogen and oxygen atoms in total. The first-order valence-corrected chi connectivity index (χ1v) is 16.2. The Kier molecular flexibility index (Phi) is 12.6. The Morgan fingerprint density at radius 2 is 1.76 bits per heavy atom. The van der Waals surface area contributed by atoms with Crippen LogP contribution in [0.15, 0.2) is 60.8 Å². The molecule has 0 saturated carbocycles. The lowest BCUT2D eigenvalue weighted by Crippen LogP contribution is -2.52. The molecule has 0 spiro atoms. The van der Waals surface area contributed by atoms with Crippen molar-refractivity contribution in [1.82, 2.24) is 15.2 Å². The summed E-state index contributed by atoms with van der Waals surface area (Å²) in [5.41, 5.74) is 2.72. The number of fused-ring (bicyclic) bond motifs is 1. The van der Waals surface area contributed by atoms with Crippen molar-refractivity contribution in [3.8, 4) is 0 Å². The Labute approximate surface area is 267 Å². The summed E-state index contributed by atoms with van der Waals surface area (Å²) in [6.07, 6.45) is 5.16. The van der Waals surface area contributed by atoms with E-state index >= 15 is 0 Å². The van der Waals surface area contributed by atoms with Crippen LogP contribution in [0, 0.1) is 11.8 Å². The molecule has 3 aromatic rings. The van der Waals surface area contributed by atoms with E-state index in [-0.39, 0.29) is 37.0 Å². The molecule has 1 saturated heterocycles. The number of methoxy groups -OCH3 is 2. The Morgan fingerprint density at radius 1 is 1.02 bits per heavy atom. The number of nitrogens with one attached hydrogen (secondary N) is 2. The second-order valence-corrected chi connectivity index (χ2v) is 12.3. The van der Waals surface area contributed by atoms with Gasteiger partial charge in [-0.05, 0) is 42.4 Å². The highest BCUT2D eigenvalue weighted by Crippen LogP contribution is 2.28. The molecule has 1 fully saturated rings. The highest BCUT2D eigenvalue weighted by atomic mass is 16.5. The fourth-order valence-electron chi connectivity index (χ4n) is 6.32. The third-order valence-corrected chi connectivity index (χ3v) is 9.20. The first kappa shape index (κ1) is 34.2. The zero-order valence-electron chi connectivity index (χ0n) is 27.3. The summed E-state index contributed by atoms with van der Waals surface area (Å²) in [5.74, 6) is -0.982. The van der Waals surface area contributed by atoms with Gasteiger partial charge in [0.1, 0.15) is 12.6 Å². The number of para-hydroxylation sites is 1. The molecule has 244 valence electrons. The molecule has 2 N–H and O–H groups in total. The zero-order valence-corrected chi connectivity index (χ0v) is 27.3. The quantitative estimate of drug-likeness (QED) is 0.207.